The maximum atomic E-state index is 9.19. The minimum Gasteiger partial charge on any atom is -0.394 e. The summed E-state index contributed by atoms with van der Waals surface area (Å²) < 4.78 is 1.53. The summed E-state index contributed by atoms with van der Waals surface area (Å²) in [5.74, 6) is 1.07. The minimum atomic E-state index is -0.469. The highest BCUT2D eigenvalue weighted by Gasteiger charge is 2.18. The fourth-order valence-electron chi connectivity index (χ4n) is 1.26. The van der Waals surface area contributed by atoms with Crippen molar-refractivity contribution in [2.75, 3.05) is 11.9 Å². The maximum Gasteiger partial charge on any atom is 0.255 e. The van der Waals surface area contributed by atoms with Gasteiger partial charge in [-0.2, -0.15) is 19.6 Å². The molecule has 16 heavy (non-hydrogen) atoms. The van der Waals surface area contributed by atoms with Crippen molar-refractivity contribution in [3.63, 3.8) is 0 Å². The first kappa shape index (κ1) is 11.1. The lowest BCUT2D eigenvalue weighted by Crippen LogP contribution is -2.35. The normalized spacial score (nSPS) is 12.0. The molecule has 0 fully saturated rings. The third-order valence-electron chi connectivity index (χ3n) is 2.08. The number of hydrogen-bond acceptors (Lipinski definition) is 5. The number of aliphatic hydroxyl groups is 1. The van der Waals surface area contributed by atoms with Crippen molar-refractivity contribution in [3.8, 4) is 0 Å². The topological polar surface area (TPSA) is 75.3 Å². The van der Waals surface area contributed by atoms with E-state index in [2.05, 4.69) is 20.4 Å². The van der Waals surface area contributed by atoms with Crippen LogP contribution in [-0.2, 0) is 0 Å². The number of nitrogens with zero attached hydrogens (tertiary/aromatic N) is 4. The highest BCUT2D eigenvalue weighted by atomic mass is 35.5. The molecule has 0 aromatic carbocycles. The number of fused-ring (bicyclic) bond motifs is 1. The zero-order valence-corrected chi connectivity index (χ0v) is 9.73. The van der Waals surface area contributed by atoms with Crippen molar-refractivity contribution < 1.29 is 5.11 Å². The van der Waals surface area contributed by atoms with Crippen LogP contribution in [0.1, 0.15) is 13.8 Å². The van der Waals surface area contributed by atoms with Crippen LogP contribution in [0.5, 0.6) is 0 Å². The smallest absolute Gasteiger partial charge is 0.255 e. The van der Waals surface area contributed by atoms with Gasteiger partial charge in [0.2, 0.25) is 0 Å². The Hall–Kier alpha value is -1.40. The molecule has 0 aliphatic carbocycles. The number of hydrogen-bond donors (Lipinski definition) is 2. The van der Waals surface area contributed by atoms with E-state index in [1.54, 1.807) is 6.07 Å². The van der Waals surface area contributed by atoms with Crippen molar-refractivity contribution in [1.82, 2.24) is 19.6 Å². The first-order chi connectivity index (χ1) is 7.52. The summed E-state index contributed by atoms with van der Waals surface area (Å²) in [4.78, 5) is 7.95. The Kier molecular flexibility index (Phi) is 2.69. The Morgan fingerprint density at radius 2 is 2.31 bits per heavy atom. The molecule has 7 heteroatoms. The molecule has 2 aromatic heterocycles. The molecule has 0 atom stereocenters. The van der Waals surface area contributed by atoms with Gasteiger partial charge >= 0.3 is 0 Å². The van der Waals surface area contributed by atoms with Crippen molar-refractivity contribution in [1.29, 1.82) is 0 Å². The van der Waals surface area contributed by atoms with Gasteiger partial charge in [-0.3, -0.25) is 0 Å². The van der Waals surface area contributed by atoms with Gasteiger partial charge in [0.25, 0.3) is 5.78 Å². The predicted octanol–water partition coefficient (Wildman–Crippen LogP) is 0.960. The molecule has 0 radical (unpaired) electrons. The number of halogens is 1. The summed E-state index contributed by atoms with van der Waals surface area (Å²) in [6, 6.07) is 1.64. The van der Waals surface area contributed by atoms with Crippen LogP contribution in [0.25, 0.3) is 5.78 Å². The third kappa shape index (κ3) is 2.07. The van der Waals surface area contributed by atoms with Crippen LogP contribution < -0.4 is 5.32 Å². The average molecular weight is 242 g/mol. The predicted molar refractivity (Wildman–Crippen MR) is 60.6 cm³/mol. The molecule has 0 aliphatic rings. The van der Waals surface area contributed by atoms with E-state index in [0.29, 0.717) is 16.7 Å². The summed E-state index contributed by atoms with van der Waals surface area (Å²) in [5, 5.41) is 16.7. The average Bonchev–Trinajstić information content (AvgIpc) is 2.65. The maximum absolute atomic E-state index is 9.19. The van der Waals surface area contributed by atoms with Crippen LogP contribution in [0.3, 0.4) is 0 Å². The monoisotopic (exact) mass is 241 g/mol. The molecule has 0 unspecified atom stereocenters. The lowest BCUT2D eigenvalue weighted by molar-refractivity contribution is 0.233. The van der Waals surface area contributed by atoms with Crippen LogP contribution in [0.4, 0.5) is 5.82 Å². The number of anilines is 1. The van der Waals surface area contributed by atoms with E-state index in [4.69, 9.17) is 11.6 Å². The Labute approximate surface area is 97.3 Å². The zero-order chi connectivity index (χ0) is 11.8. The second kappa shape index (κ2) is 3.88. The lowest BCUT2D eigenvalue weighted by atomic mass is 10.1. The van der Waals surface area contributed by atoms with E-state index in [-0.39, 0.29) is 6.61 Å². The molecule has 0 saturated carbocycles. The van der Waals surface area contributed by atoms with Crippen molar-refractivity contribution in [2.24, 2.45) is 0 Å². The van der Waals surface area contributed by atoms with Gasteiger partial charge in [-0.15, -0.1) is 0 Å². The molecule has 6 nitrogen and oxygen atoms in total. The molecular formula is C9H12ClN5O. The summed E-state index contributed by atoms with van der Waals surface area (Å²) in [7, 11) is 0. The molecule has 0 aliphatic heterocycles. The Morgan fingerprint density at radius 3 is 3.00 bits per heavy atom. The van der Waals surface area contributed by atoms with Crippen molar-refractivity contribution in [3.05, 3.63) is 17.5 Å². The summed E-state index contributed by atoms with van der Waals surface area (Å²) in [6.07, 6.45) is 1.40. The van der Waals surface area contributed by atoms with E-state index in [1.807, 2.05) is 13.8 Å². The summed E-state index contributed by atoms with van der Waals surface area (Å²) in [6.45, 7) is 3.72. The van der Waals surface area contributed by atoms with Crippen LogP contribution in [0.2, 0.25) is 5.15 Å². The number of rotatable bonds is 3. The summed E-state index contributed by atoms with van der Waals surface area (Å²) in [5.41, 5.74) is -0.469. The summed E-state index contributed by atoms with van der Waals surface area (Å²) >= 11 is 5.86. The van der Waals surface area contributed by atoms with Gasteiger partial charge in [-0.05, 0) is 13.8 Å². The van der Waals surface area contributed by atoms with E-state index in [0.717, 1.165) is 0 Å². The molecule has 2 N–H and O–H groups in total. The molecule has 86 valence electrons. The minimum absolute atomic E-state index is 0.0108. The molecule has 2 aromatic rings. The molecule has 0 saturated heterocycles. The van der Waals surface area contributed by atoms with Crippen molar-refractivity contribution >= 4 is 23.2 Å². The van der Waals surface area contributed by atoms with Gasteiger partial charge in [0.15, 0.2) is 0 Å². The van der Waals surface area contributed by atoms with Crippen molar-refractivity contribution in [2.45, 2.75) is 19.4 Å². The van der Waals surface area contributed by atoms with Gasteiger partial charge in [-0.25, -0.2) is 0 Å². The van der Waals surface area contributed by atoms with E-state index < -0.39 is 5.54 Å². The van der Waals surface area contributed by atoms with Gasteiger partial charge in [-0.1, -0.05) is 11.6 Å². The fraction of sp³-hybridized carbons (Fsp3) is 0.444. The number of aliphatic hydroxyl groups excluding tert-OH is 1. The van der Waals surface area contributed by atoms with E-state index in [9.17, 15) is 5.11 Å². The van der Waals surface area contributed by atoms with Gasteiger partial charge in [0.05, 0.1) is 12.1 Å². The van der Waals surface area contributed by atoms with Gasteiger partial charge in [0, 0.05) is 6.07 Å². The number of aromatic nitrogens is 4. The quantitative estimate of drug-likeness (QED) is 0.783. The SMILES string of the molecule is CC(C)(CO)Nc1cc(Cl)nc2ncnn12. The largest absolute Gasteiger partial charge is 0.394 e. The Bertz CT molecular complexity index is 510. The van der Waals surface area contributed by atoms with E-state index in [1.165, 1.54) is 10.8 Å². The Balaban J connectivity index is 2.47. The van der Waals surface area contributed by atoms with Crippen LogP contribution in [0.15, 0.2) is 12.4 Å². The second-order valence-electron chi connectivity index (χ2n) is 4.10. The van der Waals surface area contributed by atoms with E-state index >= 15 is 0 Å². The van der Waals surface area contributed by atoms with Crippen LogP contribution >= 0.6 is 11.6 Å². The lowest BCUT2D eigenvalue weighted by Gasteiger charge is -2.24. The van der Waals surface area contributed by atoms with Crippen LogP contribution in [-0.4, -0.2) is 36.8 Å². The first-order valence-electron chi connectivity index (χ1n) is 4.77. The zero-order valence-electron chi connectivity index (χ0n) is 8.98. The third-order valence-corrected chi connectivity index (χ3v) is 2.28. The van der Waals surface area contributed by atoms with Crippen LogP contribution in [0, 0.1) is 0 Å². The first-order valence-corrected chi connectivity index (χ1v) is 5.15. The standard InChI is InChI=1S/C9H12ClN5O/c1-9(2,4-16)14-7-3-6(10)13-8-11-5-12-15(7)8/h3,5,14,16H,4H2,1-2H3. The highest BCUT2D eigenvalue weighted by molar-refractivity contribution is 6.29. The van der Waals surface area contributed by atoms with Gasteiger partial charge < -0.3 is 10.4 Å². The molecule has 0 amide bonds. The second-order valence-corrected chi connectivity index (χ2v) is 4.49. The molecule has 2 heterocycles. The number of nitrogens with one attached hydrogen (secondary N) is 1. The molecule has 2 rings (SSSR count). The Morgan fingerprint density at radius 1 is 1.56 bits per heavy atom. The fourth-order valence-corrected chi connectivity index (χ4v) is 1.44. The highest BCUT2D eigenvalue weighted by Crippen LogP contribution is 2.18. The molecule has 0 bridgehead atoms. The molecule has 0 spiro atoms. The molecular weight excluding hydrogens is 230 g/mol. The van der Waals surface area contributed by atoms with Gasteiger partial charge in [0.1, 0.15) is 17.3 Å².